The summed E-state index contributed by atoms with van der Waals surface area (Å²) in [7, 11) is -3.73. The Hall–Kier alpha value is -3.68. The summed E-state index contributed by atoms with van der Waals surface area (Å²) >= 11 is 6.03. The van der Waals surface area contributed by atoms with Gasteiger partial charge in [-0.25, -0.2) is 13.4 Å². The number of aliphatic hydroxyl groups excluding tert-OH is 1. The van der Waals surface area contributed by atoms with Crippen molar-refractivity contribution in [2.45, 2.75) is 17.6 Å². The largest absolute Gasteiger partial charge is 0.506 e. The van der Waals surface area contributed by atoms with E-state index < -0.39 is 27.1 Å². The molecule has 2 aromatic heterocycles. The van der Waals surface area contributed by atoms with Gasteiger partial charge in [0.2, 0.25) is 0 Å². The highest BCUT2D eigenvalue weighted by Gasteiger charge is 2.21. The summed E-state index contributed by atoms with van der Waals surface area (Å²) in [6.07, 6.45) is 2.26. The van der Waals surface area contributed by atoms with Gasteiger partial charge in [-0.15, -0.1) is 0 Å². The van der Waals surface area contributed by atoms with Gasteiger partial charge < -0.3 is 14.9 Å². The van der Waals surface area contributed by atoms with Crippen molar-refractivity contribution < 1.29 is 22.8 Å². The van der Waals surface area contributed by atoms with Gasteiger partial charge in [0, 0.05) is 11.2 Å². The second-order valence-electron chi connectivity index (χ2n) is 6.31. The SMILES string of the molecule is Cc1oncc1C(O)=C(C#N)C(=O)Nc1ccc(S(=O)(=O)Cc2ccccc2Cl)cn1. The molecular formula is C20H15ClN4O5S. The molecule has 31 heavy (non-hydrogen) atoms. The molecule has 158 valence electrons. The molecule has 0 atom stereocenters. The second-order valence-corrected chi connectivity index (χ2v) is 8.71. The van der Waals surface area contributed by atoms with E-state index in [9.17, 15) is 23.6 Å². The number of amides is 1. The number of aliphatic hydroxyl groups is 1. The number of nitrogens with zero attached hydrogens (tertiary/aromatic N) is 3. The van der Waals surface area contributed by atoms with Gasteiger partial charge in [-0.1, -0.05) is 35.0 Å². The van der Waals surface area contributed by atoms with Crippen molar-refractivity contribution in [2.75, 3.05) is 5.32 Å². The van der Waals surface area contributed by atoms with Crippen LogP contribution >= 0.6 is 11.6 Å². The average Bonchev–Trinajstić information content (AvgIpc) is 3.16. The van der Waals surface area contributed by atoms with Crippen molar-refractivity contribution in [2.24, 2.45) is 0 Å². The molecule has 0 aliphatic carbocycles. The lowest BCUT2D eigenvalue weighted by Gasteiger charge is -2.08. The molecule has 1 aromatic carbocycles. The van der Waals surface area contributed by atoms with Crippen molar-refractivity contribution in [3.8, 4) is 6.07 Å². The lowest BCUT2D eigenvalue weighted by molar-refractivity contribution is -0.112. The van der Waals surface area contributed by atoms with Crippen LogP contribution in [0.5, 0.6) is 0 Å². The highest BCUT2D eigenvalue weighted by molar-refractivity contribution is 7.90. The van der Waals surface area contributed by atoms with Crippen LogP contribution in [0.4, 0.5) is 5.82 Å². The zero-order valence-corrected chi connectivity index (χ0v) is 17.6. The van der Waals surface area contributed by atoms with E-state index in [1.54, 1.807) is 30.3 Å². The average molecular weight is 459 g/mol. The fourth-order valence-electron chi connectivity index (χ4n) is 2.59. The van der Waals surface area contributed by atoms with E-state index in [4.69, 9.17) is 16.1 Å². The molecule has 0 saturated carbocycles. The highest BCUT2D eigenvalue weighted by Crippen LogP contribution is 2.23. The molecule has 0 fully saturated rings. The van der Waals surface area contributed by atoms with Crippen molar-refractivity contribution in [3.05, 3.63) is 76.3 Å². The summed E-state index contributed by atoms with van der Waals surface area (Å²) < 4.78 is 30.0. The Morgan fingerprint density at radius 3 is 2.58 bits per heavy atom. The number of aryl methyl sites for hydroxylation is 1. The summed E-state index contributed by atoms with van der Waals surface area (Å²) in [6, 6.07) is 10.8. The molecule has 2 N–H and O–H groups in total. The third kappa shape index (κ3) is 4.91. The minimum Gasteiger partial charge on any atom is -0.506 e. The fraction of sp³-hybridized carbons (Fsp3) is 0.100. The van der Waals surface area contributed by atoms with Gasteiger partial charge in [-0.05, 0) is 30.7 Å². The molecule has 0 aliphatic heterocycles. The van der Waals surface area contributed by atoms with Gasteiger partial charge in [-0.2, -0.15) is 5.26 Å². The van der Waals surface area contributed by atoms with Gasteiger partial charge in [-0.3, -0.25) is 4.79 Å². The summed E-state index contributed by atoms with van der Waals surface area (Å²) in [5.41, 5.74) is -0.0333. The standard InChI is InChI=1S/C20H15ClN4O5S/c1-12-16(10-24-30-12)19(26)15(8-22)20(27)25-18-7-6-14(9-23-18)31(28,29)11-13-4-2-3-5-17(13)21/h2-7,9-10,26H,11H2,1H3,(H,23,25,27). The smallest absolute Gasteiger partial charge is 0.271 e. The lowest BCUT2D eigenvalue weighted by Crippen LogP contribution is -2.16. The van der Waals surface area contributed by atoms with Gasteiger partial charge in [0.1, 0.15) is 17.6 Å². The molecule has 0 spiro atoms. The number of rotatable bonds is 6. The number of aromatic nitrogens is 2. The van der Waals surface area contributed by atoms with Crippen molar-refractivity contribution in [3.63, 3.8) is 0 Å². The molecule has 0 bridgehead atoms. The molecule has 3 aromatic rings. The first kappa shape index (κ1) is 22.0. The summed E-state index contributed by atoms with van der Waals surface area (Å²) in [5.74, 6) is -1.63. The first-order valence-electron chi connectivity index (χ1n) is 8.71. The highest BCUT2D eigenvalue weighted by atomic mass is 35.5. The third-order valence-corrected chi connectivity index (χ3v) is 6.24. The number of hydrogen-bond acceptors (Lipinski definition) is 8. The van der Waals surface area contributed by atoms with Crippen molar-refractivity contribution in [1.29, 1.82) is 5.26 Å². The summed E-state index contributed by atoms with van der Waals surface area (Å²) in [5, 5.41) is 25.6. The number of pyridine rings is 1. The molecule has 11 heteroatoms. The number of nitrogens with one attached hydrogen (secondary N) is 1. The van der Waals surface area contributed by atoms with Gasteiger partial charge in [0.05, 0.1) is 22.4 Å². The number of anilines is 1. The lowest BCUT2D eigenvalue weighted by atomic mass is 10.1. The molecule has 0 radical (unpaired) electrons. The Labute approximate surface area is 182 Å². The van der Waals surface area contributed by atoms with E-state index in [1.807, 2.05) is 0 Å². The number of hydrogen-bond donors (Lipinski definition) is 2. The molecular weight excluding hydrogens is 444 g/mol. The van der Waals surface area contributed by atoms with E-state index in [0.717, 1.165) is 6.20 Å². The van der Waals surface area contributed by atoms with Crippen LogP contribution in [0.1, 0.15) is 16.9 Å². The Morgan fingerprint density at radius 1 is 1.26 bits per heavy atom. The maximum Gasteiger partial charge on any atom is 0.271 e. The van der Waals surface area contributed by atoms with Gasteiger partial charge in [0.25, 0.3) is 5.91 Å². The van der Waals surface area contributed by atoms with Crippen LogP contribution in [0.3, 0.4) is 0 Å². The maximum absolute atomic E-state index is 12.6. The summed E-state index contributed by atoms with van der Waals surface area (Å²) in [4.78, 5) is 16.2. The van der Waals surface area contributed by atoms with Crippen molar-refractivity contribution in [1.82, 2.24) is 10.1 Å². The minimum absolute atomic E-state index is 0.00992. The number of halogens is 1. The van der Waals surface area contributed by atoms with E-state index in [1.165, 1.54) is 25.3 Å². The molecule has 9 nitrogen and oxygen atoms in total. The second kappa shape index (κ2) is 8.99. The zero-order chi connectivity index (χ0) is 22.6. The number of carbonyl (C=O) groups excluding carboxylic acids is 1. The van der Waals surface area contributed by atoms with Crippen LogP contribution in [0, 0.1) is 18.3 Å². The van der Waals surface area contributed by atoms with E-state index in [0.29, 0.717) is 10.6 Å². The molecule has 0 unspecified atom stereocenters. The number of nitriles is 1. The zero-order valence-electron chi connectivity index (χ0n) is 16.0. The van der Waals surface area contributed by atoms with E-state index in [2.05, 4.69) is 15.5 Å². The minimum atomic E-state index is -3.73. The predicted octanol–water partition coefficient (Wildman–Crippen LogP) is 3.44. The van der Waals surface area contributed by atoms with Crippen molar-refractivity contribution >= 4 is 38.9 Å². The first-order valence-corrected chi connectivity index (χ1v) is 10.7. The van der Waals surface area contributed by atoms with E-state index in [-0.39, 0.29) is 27.8 Å². The third-order valence-electron chi connectivity index (χ3n) is 4.22. The molecule has 0 saturated heterocycles. The van der Waals surface area contributed by atoms with E-state index >= 15 is 0 Å². The normalized spacial score (nSPS) is 12.0. The molecule has 0 aliphatic rings. The quantitative estimate of drug-likeness (QED) is 0.324. The van der Waals surface area contributed by atoms with Crippen LogP contribution in [-0.4, -0.2) is 29.6 Å². The monoisotopic (exact) mass is 458 g/mol. The number of carbonyl (C=O) groups is 1. The Bertz CT molecular complexity index is 1310. The van der Waals surface area contributed by atoms with Gasteiger partial charge >= 0.3 is 0 Å². The molecule has 1 amide bonds. The molecule has 2 heterocycles. The van der Waals surface area contributed by atoms with Crippen LogP contribution < -0.4 is 5.32 Å². The molecule has 3 rings (SSSR count). The van der Waals surface area contributed by atoms with Crippen LogP contribution in [0.15, 0.2) is 63.8 Å². The topological polar surface area (TPSA) is 146 Å². The van der Waals surface area contributed by atoms with Crippen LogP contribution in [0.2, 0.25) is 5.02 Å². The summed E-state index contributed by atoms with van der Waals surface area (Å²) in [6.45, 7) is 1.51. The van der Waals surface area contributed by atoms with Crippen LogP contribution in [0.25, 0.3) is 5.76 Å². The van der Waals surface area contributed by atoms with Gasteiger partial charge in [0.15, 0.2) is 21.2 Å². The number of sulfone groups is 1. The fourth-order valence-corrected chi connectivity index (χ4v) is 4.19. The number of benzene rings is 1. The predicted molar refractivity (Wildman–Crippen MR) is 112 cm³/mol. The van der Waals surface area contributed by atoms with Crippen LogP contribution in [-0.2, 0) is 20.4 Å². The Kier molecular flexibility index (Phi) is 6.39. The Morgan fingerprint density at radius 2 is 2.00 bits per heavy atom. The maximum atomic E-state index is 12.6. The Balaban J connectivity index is 1.79. The first-order chi connectivity index (χ1) is 14.7.